The number of nitrogens with zero attached hydrogens (tertiary/aromatic N) is 2. The average molecular weight is 172 g/mol. The van der Waals surface area contributed by atoms with Gasteiger partial charge >= 0.3 is 7.05 Å². The number of thioether (sulfide) groups is 1. The van der Waals surface area contributed by atoms with Crippen molar-refractivity contribution in [1.82, 2.24) is 4.81 Å². The fourth-order valence-corrected chi connectivity index (χ4v) is 1.83. The highest BCUT2D eigenvalue weighted by Crippen LogP contribution is 2.11. The Morgan fingerprint density at radius 1 is 1.73 bits per heavy atom. The van der Waals surface area contributed by atoms with Crippen molar-refractivity contribution < 1.29 is 5.02 Å². The van der Waals surface area contributed by atoms with Crippen molar-refractivity contribution in [1.29, 1.82) is 0 Å². The number of rotatable bonds is 1. The standard InChI is InChI=1S/C6H13BN2OS/c1-7(10)9-5-3-4-8-6(9)11-2/h10H,3-5H2,1-2H3. The molecule has 0 amide bonds. The van der Waals surface area contributed by atoms with Crippen LogP contribution >= 0.6 is 11.8 Å². The highest BCUT2D eigenvalue weighted by Gasteiger charge is 2.21. The van der Waals surface area contributed by atoms with Crippen molar-refractivity contribution in [2.75, 3.05) is 19.3 Å². The van der Waals surface area contributed by atoms with Gasteiger partial charge in [0.1, 0.15) is 5.17 Å². The number of aliphatic imine (C=N–C) groups is 1. The zero-order chi connectivity index (χ0) is 8.27. The molecule has 1 rings (SSSR count). The summed E-state index contributed by atoms with van der Waals surface area (Å²) in [5, 5.41) is 10.3. The Balaban J connectivity index is 2.62. The van der Waals surface area contributed by atoms with E-state index in [0.29, 0.717) is 0 Å². The third-order valence-corrected chi connectivity index (χ3v) is 2.41. The van der Waals surface area contributed by atoms with Gasteiger partial charge in [0.25, 0.3) is 0 Å². The van der Waals surface area contributed by atoms with E-state index < -0.39 is 7.05 Å². The van der Waals surface area contributed by atoms with Crippen LogP contribution in [0.2, 0.25) is 6.82 Å². The lowest BCUT2D eigenvalue weighted by atomic mass is 9.85. The van der Waals surface area contributed by atoms with Crippen LogP contribution in [-0.2, 0) is 0 Å². The van der Waals surface area contributed by atoms with Crippen LogP contribution in [0.5, 0.6) is 0 Å². The summed E-state index contributed by atoms with van der Waals surface area (Å²) in [4.78, 5) is 6.22. The monoisotopic (exact) mass is 172 g/mol. The van der Waals surface area contributed by atoms with E-state index in [1.807, 2.05) is 11.1 Å². The Bertz CT molecular complexity index is 163. The van der Waals surface area contributed by atoms with Gasteiger partial charge in [0.2, 0.25) is 0 Å². The maximum absolute atomic E-state index is 9.31. The highest BCUT2D eigenvalue weighted by molar-refractivity contribution is 8.13. The smallest absolute Gasteiger partial charge is 0.411 e. The van der Waals surface area contributed by atoms with Crippen molar-refractivity contribution in [3.05, 3.63) is 0 Å². The quantitative estimate of drug-likeness (QED) is 0.585. The summed E-state index contributed by atoms with van der Waals surface area (Å²) in [6.45, 7) is 3.60. The molecule has 1 aliphatic rings. The van der Waals surface area contributed by atoms with Crippen molar-refractivity contribution in [3.63, 3.8) is 0 Å². The maximum atomic E-state index is 9.31. The number of amidine groups is 1. The molecule has 0 aromatic rings. The summed E-state index contributed by atoms with van der Waals surface area (Å²) in [5.74, 6) is 0. The van der Waals surface area contributed by atoms with Gasteiger partial charge in [-0.3, -0.25) is 4.99 Å². The first-order valence-corrected chi connectivity index (χ1v) is 5.01. The second-order valence-corrected chi connectivity index (χ2v) is 3.32. The summed E-state index contributed by atoms with van der Waals surface area (Å²) in [5.41, 5.74) is 0. The van der Waals surface area contributed by atoms with Crippen LogP contribution in [0.1, 0.15) is 6.42 Å². The van der Waals surface area contributed by atoms with E-state index in [4.69, 9.17) is 0 Å². The van der Waals surface area contributed by atoms with E-state index in [1.54, 1.807) is 18.6 Å². The number of hydrogen-bond donors (Lipinski definition) is 1. The lowest BCUT2D eigenvalue weighted by Crippen LogP contribution is -2.43. The van der Waals surface area contributed by atoms with Crippen LogP contribution < -0.4 is 0 Å². The van der Waals surface area contributed by atoms with Gasteiger partial charge in [0.15, 0.2) is 0 Å². The Hall–Kier alpha value is -0.155. The maximum Gasteiger partial charge on any atom is 0.411 e. The molecule has 0 aromatic heterocycles. The lowest BCUT2D eigenvalue weighted by molar-refractivity contribution is 0.459. The fourth-order valence-electron chi connectivity index (χ4n) is 1.13. The van der Waals surface area contributed by atoms with Crippen LogP contribution in [0.15, 0.2) is 4.99 Å². The largest absolute Gasteiger partial charge is 0.432 e. The zero-order valence-electron chi connectivity index (χ0n) is 6.95. The van der Waals surface area contributed by atoms with Gasteiger partial charge in [-0.15, -0.1) is 0 Å². The second-order valence-electron chi connectivity index (χ2n) is 2.55. The molecule has 3 nitrogen and oxygen atoms in total. The van der Waals surface area contributed by atoms with E-state index in [2.05, 4.69) is 4.99 Å². The molecule has 0 atom stereocenters. The zero-order valence-corrected chi connectivity index (χ0v) is 7.77. The molecular formula is C6H13BN2OS. The Kier molecular flexibility index (Phi) is 3.26. The Morgan fingerprint density at radius 3 is 2.91 bits per heavy atom. The summed E-state index contributed by atoms with van der Waals surface area (Å²) in [7, 11) is -0.401. The minimum Gasteiger partial charge on any atom is -0.432 e. The van der Waals surface area contributed by atoms with Crippen molar-refractivity contribution in [3.8, 4) is 0 Å². The van der Waals surface area contributed by atoms with Gasteiger partial charge in [0.05, 0.1) is 0 Å². The molecule has 0 aliphatic carbocycles. The molecule has 0 bridgehead atoms. The van der Waals surface area contributed by atoms with E-state index in [9.17, 15) is 5.02 Å². The summed E-state index contributed by atoms with van der Waals surface area (Å²) < 4.78 is 0. The van der Waals surface area contributed by atoms with Crippen LogP contribution in [0.4, 0.5) is 0 Å². The van der Waals surface area contributed by atoms with Gasteiger partial charge in [-0.2, -0.15) is 0 Å². The highest BCUT2D eigenvalue weighted by atomic mass is 32.2. The molecule has 0 unspecified atom stereocenters. The topological polar surface area (TPSA) is 35.8 Å². The summed E-state index contributed by atoms with van der Waals surface area (Å²) in [6, 6.07) is 0. The molecule has 1 aliphatic heterocycles. The predicted octanol–water partition coefficient (Wildman–Crippen LogP) is 0.521. The molecule has 0 radical (unpaired) electrons. The van der Waals surface area contributed by atoms with Crippen LogP contribution in [0.3, 0.4) is 0 Å². The second kappa shape index (κ2) is 4.02. The van der Waals surface area contributed by atoms with Crippen LogP contribution in [-0.4, -0.2) is 41.4 Å². The minimum absolute atomic E-state index is 0.401. The molecule has 1 N–H and O–H groups in total. The van der Waals surface area contributed by atoms with E-state index >= 15 is 0 Å². The van der Waals surface area contributed by atoms with Crippen molar-refractivity contribution in [2.45, 2.75) is 13.2 Å². The van der Waals surface area contributed by atoms with Crippen LogP contribution in [0, 0.1) is 0 Å². The SMILES string of the molecule is CSC1=NCCCN1B(C)O. The molecule has 11 heavy (non-hydrogen) atoms. The summed E-state index contributed by atoms with van der Waals surface area (Å²) >= 11 is 1.60. The molecule has 62 valence electrons. The first-order valence-electron chi connectivity index (χ1n) is 3.79. The normalized spacial score (nSPS) is 18.1. The number of hydrogen-bond acceptors (Lipinski definition) is 4. The minimum atomic E-state index is -0.401. The van der Waals surface area contributed by atoms with Gasteiger partial charge in [-0.05, 0) is 19.5 Å². The Labute approximate surface area is 72.0 Å². The third kappa shape index (κ3) is 2.14. The van der Waals surface area contributed by atoms with Crippen molar-refractivity contribution >= 4 is 24.0 Å². The first kappa shape index (κ1) is 8.94. The molecule has 0 saturated heterocycles. The van der Waals surface area contributed by atoms with Gasteiger partial charge in [0, 0.05) is 13.1 Å². The summed E-state index contributed by atoms with van der Waals surface area (Å²) in [6.07, 6.45) is 3.04. The predicted molar refractivity (Wildman–Crippen MR) is 51.0 cm³/mol. The molecule has 0 fully saturated rings. The Morgan fingerprint density at radius 2 is 2.45 bits per heavy atom. The fraction of sp³-hybridized carbons (Fsp3) is 0.833. The van der Waals surface area contributed by atoms with Gasteiger partial charge in [-0.25, -0.2) is 0 Å². The molecule has 0 aromatic carbocycles. The molecular weight excluding hydrogens is 159 g/mol. The molecule has 0 saturated carbocycles. The molecule has 0 spiro atoms. The average Bonchev–Trinajstić information content (AvgIpc) is 2.04. The molecule has 1 heterocycles. The lowest BCUT2D eigenvalue weighted by Gasteiger charge is -2.28. The van der Waals surface area contributed by atoms with E-state index in [-0.39, 0.29) is 0 Å². The van der Waals surface area contributed by atoms with E-state index in [0.717, 1.165) is 24.7 Å². The van der Waals surface area contributed by atoms with Crippen molar-refractivity contribution in [2.24, 2.45) is 4.99 Å². The molecule has 5 heteroatoms. The third-order valence-electron chi connectivity index (χ3n) is 1.68. The van der Waals surface area contributed by atoms with E-state index in [1.165, 1.54) is 0 Å². The van der Waals surface area contributed by atoms with Gasteiger partial charge in [-0.1, -0.05) is 11.8 Å². The van der Waals surface area contributed by atoms with Crippen LogP contribution in [0.25, 0.3) is 0 Å². The first-order chi connectivity index (χ1) is 5.25. The van der Waals surface area contributed by atoms with Gasteiger partial charge < -0.3 is 9.83 Å².